The molecule has 0 N–H and O–H groups in total. The second kappa shape index (κ2) is 6.05. The van der Waals surface area contributed by atoms with Crippen molar-refractivity contribution in [3.05, 3.63) is 23.3 Å². The Kier molecular flexibility index (Phi) is 5.15. The van der Waals surface area contributed by atoms with Crippen LogP contribution in [0.15, 0.2) is 17.0 Å². The number of hydrogen-bond acceptors (Lipinski definition) is 3. The van der Waals surface area contributed by atoms with Gasteiger partial charge in [-0.05, 0) is 36.1 Å². The highest BCUT2D eigenvalue weighted by Crippen LogP contribution is 2.33. The van der Waals surface area contributed by atoms with E-state index in [2.05, 4.69) is 0 Å². The third-order valence-electron chi connectivity index (χ3n) is 2.56. The van der Waals surface area contributed by atoms with Crippen molar-refractivity contribution in [1.29, 1.82) is 0 Å². The van der Waals surface area contributed by atoms with Crippen LogP contribution in [0, 0.1) is 6.92 Å². The van der Waals surface area contributed by atoms with Gasteiger partial charge in [-0.25, -0.2) is 17.2 Å². The predicted molar refractivity (Wildman–Crippen MR) is 69.8 cm³/mol. The van der Waals surface area contributed by atoms with Gasteiger partial charge in [0.1, 0.15) is 12.4 Å². The van der Waals surface area contributed by atoms with Gasteiger partial charge in [-0.15, -0.1) is 0 Å². The molecule has 1 rings (SSSR count). The lowest BCUT2D eigenvalue weighted by Crippen LogP contribution is -2.10. The first-order valence-electron chi connectivity index (χ1n) is 5.63. The van der Waals surface area contributed by atoms with Crippen molar-refractivity contribution in [1.82, 2.24) is 0 Å². The van der Waals surface area contributed by atoms with Gasteiger partial charge in [0.15, 0.2) is 0 Å². The first kappa shape index (κ1) is 16.2. The molecule has 0 spiro atoms. The first-order chi connectivity index (χ1) is 8.62. The van der Waals surface area contributed by atoms with Gasteiger partial charge in [-0.1, -0.05) is 13.8 Å². The number of ether oxygens (including phenoxy) is 1. The molecule has 0 atom stereocenters. The Morgan fingerprint density at radius 2 is 1.89 bits per heavy atom. The van der Waals surface area contributed by atoms with Crippen LogP contribution in [0.4, 0.5) is 8.78 Å². The van der Waals surface area contributed by atoms with Crippen LogP contribution in [0.2, 0.25) is 0 Å². The monoisotopic (exact) mass is 312 g/mol. The number of rotatable bonds is 5. The second-order valence-corrected chi connectivity index (χ2v) is 6.98. The van der Waals surface area contributed by atoms with Crippen molar-refractivity contribution in [2.45, 2.75) is 38.0 Å². The molecule has 0 aliphatic heterocycles. The van der Waals surface area contributed by atoms with Crippen molar-refractivity contribution in [3.8, 4) is 5.75 Å². The summed E-state index contributed by atoms with van der Waals surface area (Å²) in [6.45, 7) is 4.43. The van der Waals surface area contributed by atoms with Crippen molar-refractivity contribution < 1.29 is 21.9 Å². The number of hydrogen-bond donors (Lipinski definition) is 0. The lowest BCUT2D eigenvalue weighted by atomic mass is 10.0. The summed E-state index contributed by atoms with van der Waals surface area (Å²) in [7, 11) is 1.46. The van der Waals surface area contributed by atoms with E-state index in [0.717, 1.165) is 0 Å². The van der Waals surface area contributed by atoms with Gasteiger partial charge >= 0.3 is 0 Å². The average Bonchev–Trinajstić information content (AvgIpc) is 2.23. The molecular weight excluding hydrogens is 298 g/mol. The molecular formula is C12H15ClF2O3S. The molecule has 0 aliphatic rings. The van der Waals surface area contributed by atoms with Gasteiger partial charge in [0, 0.05) is 10.7 Å². The number of aryl methyl sites for hydroxylation is 1. The lowest BCUT2D eigenvalue weighted by molar-refractivity contribution is 0.0812. The third-order valence-corrected chi connectivity index (χ3v) is 4.02. The summed E-state index contributed by atoms with van der Waals surface area (Å²) < 4.78 is 52.2. The topological polar surface area (TPSA) is 43.4 Å². The molecule has 1 aromatic rings. The fourth-order valence-corrected chi connectivity index (χ4v) is 2.88. The van der Waals surface area contributed by atoms with E-state index in [1.807, 2.05) is 13.8 Å². The van der Waals surface area contributed by atoms with Gasteiger partial charge in [0.2, 0.25) is 0 Å². The minimum absolute atomic E-state index is 0.0257. The minimum Gasteiger partial charge on any atom is -0.487 e. The molecule has 7 heteroatoms. The Morgan fingerprint density at radius 1 is 1.32 bits per heavy atom. The molecule has 0 amide bonds. The van der Waals surface area contributed by atoms with Crippen LogP contribution in [0.3, 0.4) is 0 Å². The Labute approximate surface area is 115 Å². The van der Waals surface area contributed by atoms with E-state index in [9.17, 15) is 17.2 Å². The molecule has 3 nitrogen and oxygen atoms in total. The second-order valence-electron chi connectivity index (χ2n) is 4.45. The summed E-state index contributed by atoms with van der Waals surface area (Å²) in [5, 5.41) is 0. The largest absolute Gasteiger partial charge is 0.487 e. The lowest BCUT2D eigenvalue weighted by Gasteiger charge is -2.16. The van der Waals surface area contributed by atoms with E-state index < -0.39 is 22.1 Å². The zero-order valence-electron chi connectivity index (χ0n) is 10.8. The number of benzene rings is 1. The zero-order chi connectivity index (χ0) is 14.8. The van der Waals surface area contributed by atoms with Gasteiger partial charge in [0.25, 0.3) is 15.5 Å². The van der Waals surface area contributed by atoms with Crippen molar-refractivity contribution in [2.24, 2.45) is 0 Å². The summed E-state index contributed by atoms with van der Waals surface area (Å²) in [4.78, 5) is -0.0257. The molecule has 0 radical (unpaired) electrons. The molecule has 0 saturated heterocycles. The molecule has 0 fully saturated rings. The van der Waals surface area contributed by atoms with E-state index in [0.29, 0.717) is 11.1 Å². The van der Waals surface area contributed by atoms with Crippen LogP contribution >= 0.6 is 10.7 Å². The molecule has 0 aromatic heterocycles. The normalized spacial score (nSPS) is 12.2. The highest BCUT2D eigenvalue weighted by Gasteiger charge is 2.19. The van der Waals surface area contributed by atoms with Crippen LogP contribution in [-0.4, -0.2) is 21.5 Å². The van der Waals surface area contributed by atoms with Crippen LogP contribution in [0.25, 0.3) is 0 Å². The van der Waals surface area contributed by atoms with Gasteiger partial charge in [-0.3, -0.25) is 0 Å². The Morgan fingerprint density at radius 3 is 2.32 bits per heavy atom. The molecule has 0 bridgehead atoms. The highest BCUT2D eigenvalue weighted by atomic mass is 35.7. The smallest absolute Gasteiger partial charge is 0.272 e. The predicted octanol–water partition coefficient (Wildman–Crippen LogP) is 3.69. The Balaban J connectivity index is 3.30. The van der Waals surface area contributed by atoms with E-state index in [4.69, 9.17) is 15.4 Å². The van der Waals surface area contributed by atoms with Crippen LogP contribution in [-0.2, 0) is 9.05 Å². The SMILES string of the molecule is Cc1cc(OCC(F)F)c(C(C)C)cc1S(=O)(=O)Cl. The molecule has 0 unspecified atom stereocenters. The van der Waals surface area contributed by atoms with E-state index >= 15 is 0 Å². The van der Waals surface area contributed by atoms with Crippen molar-refractivity contribution >= 4 is 19.7 Å². The third kappa shape index (κ3) is 4.31. The Hall–Kier alpha value is -0.880. The standard InChI is InChI=1S/C12H15ClF2O3S/c1-7(2)9-5-11(19(13,16)17)8(3)4-10(9)18-6-12(14)15/h4-5,7,12H,6H2,1-3H3. The maximum atomic E-state index is 12.2. The molecule has 19 heavy (non-hydrogen) atoms. The molecule has 0 heterocycles. The maximum Gasteiger partial charge on any atom is 0.272 e. The molecule has 108 valence electrons. The fraction of sp³-hybridized carbons (Fsp3) is 0.500. The van der Waals surface area contributed by atoms with E-state index in [1.165, 1.54) is 19.1 Å². The number of alkyl halides is 2. The van der Waals surface area contributed by atoms with E-state index in [-0.39, 0.29) is 16.6 Å². The molecule has 0 saturated carbocycles. The quantitative estimate of drug-likeness (QED) is 0.779. The molecule has 0 aliphatic carbocycles. The van der Waals surface area contributed by atoms with Gasteiger partial charge < -0.3 is 4.74 Å². The van der Waals surface area contributed by atoms with Crippen LogP contribution < -0.4 is 4.74 Å². The minimum atomic E-state index is -3.87. The summed E-state index contributed by atoms with van der Waals surface area (Å²) in [5.41, 5.74) is 0.897. The number of halogens is 3. The van der Waals surface area contributed by atoms with E-state index in [1.54, 1.807) is 0 Å². The average molecular weight is 313 g/mol. The van der Waals surface area contributed by atoms with Crippen molar-refractivity contribution in [2.75, 3.05) is 6.61 Å². The summed E-state index contributed by atoms with van der Waals surface area (Å²) in [6.07, 6.45) is -2.59. The Bertz CT molecular complexity index is 556. The fourth-order valence-electron chi connectivity index (χ4n) is 1.67. The first-order valence-corrected chi connectivity index (χ1v) is 7.94. The zero-order valence-corrected chi connectivity index (χ0v) is 12.4. The van der Waals surface area contributed by atoms with Crippen LogP contribution in [0.1, 0.15) is 30.9 Å². The van der Waals surface area contributed by atoms with Crippen LogP contribution in [0.5, 0.6) is 5.75 Å². The highest BCUT2D eigenvalue weighted by molar-refractivity contribution is 8.13. The molecule has 1 aromatic carbocycles. The van der Waals surface area contributed by atoms with Gasteiger partial charge in [0.05, 0.1) is 4.90 Å². The van der Waals surface area contributed by atoms with Gasteiger partial charge in [-0.2, -0.15) is 0 Å². The summed E-state index contributed by atoms with van der Waals surface area (Å²) >= 11 is 0. The summed E-state index contributed by atoms with van der Waals surface area (Å²) in [5.74, 6) is 0.183. The van der Waals surface area contributed by atoms with Crippen molar-refractivity contribution in [3.63, 3.8) is 0 Å². The maximum absolute atomic E-state index is 12.2. The summed E-state index contributed by atoms with van der Waals surface area (Å²) in [6, 6.07) is 2.80.